The number of rotatable bonds is 3. The van der Waals surface area contributed by atoms with Gasteiger partial charge in [0.1, 0.15) is 0 Å². The monoisotopic (exact) mass is 204 g/mol. The summed E-state index contributed by atoms with van der Waals surface area (Å²) < 4.78 is 0. The van der Waals surface area contributed by atoms with Crippen molar-refractivity contribution in [3.63, 3.8) is 0 Å². The molecule has 0 aliphatic carbocycles. The maximum atomic E-state index is 3.53. The van der Waals surface area contributed by atoms with Crippen LogP contribution in [0.15, 0.2) is 24.3 Å². The van der Waals surface area contributed by atoms with E-state index in [0.29, 0.717) is 0 Å². The molecule has 0 amide bonds. The van der Waals surface area contributed by atoms with Crippen molar-refractivity contribution in [2.45, 2.75) is 19.8 Å². The van der Waals surface area contributed by atoms with E-state index in [4.69, 9.17) is 0 Å². The summed E-state index contributed by atoms with van der Waals surface area (Å²) in [5.74, 6) is 0.840. The van der Waals surface area contributed by atoms with Crippen molar-refractivity contribution in [3.8, 4) is 0 Å². The van der Waals surface area contributed by atoms with Gasteiger partial charge >= 0.3 is 0 Å². The second-order valence-electron chi connectivity index (χ2n) is 4.44. The molecule has 1 aliphatic rings. The van der Waals surface area contributed by atoms with Gasteiger partial charge in [0.05, 0.1) is 0 Å². The van der Waals surface area contributed by atoms with E-state index in [1.165, 1.54) is 37.2 Å². The molecule has 1 aromatic rings. The van der Waals surface area contributed by atoms with Crippen molar-refractivity contribution in [3.05, 3.63) is 29.8 Å². The van der Waals surface area contributed by atoms with Crippen LogP contribution in [0.5, 0.6) is 0 Å². The van der Waals surface area contributed by atoms with Gasteiger partial charge in [0.2, 0.25) is 0 Å². The molecule has 0 atom stereocenters. The summed E-state index contributed by atoms with van der Waals surface area (Å²) in [5.41, 5.74) is 2.58. The first kappa shape index (κ1) is 10.5. The van der Waals surface area contributed by atoms with Crippen molar-refractivity contribution < 1.29 is 0 Å². The van der Waals surface area contributed by atoms with Crippen LogP contribution in [0.25, 0.3) is 0 Å². The lowest BCUT2D eigenvalue weighted by Crippen LogP contribution is -2.31. The zero-order valence-electron chi connectivity index (χ0n) is 9.42. The number of piperidine rings is 1. The molecule has 1 aromatic carbocycles. The van der Waals surface area contributed by atoms with Crippen molar-refractivity contribution >= 4 is 5.69 Å². The Morgan fingerprint density at radius 2 is 2.13 bits per heavy atom. The fourth-order valence-corrected chi connectivity index (χ4v) is 2.10. The summed E-state index contributed by atoms with van der Waals surface area (Å²) in [4.78, 5) is 0. The SMILES string of the molecule is Cc1cccc(NCC2CCNCC2)c1. The Kier molecular flexibility index (Phi) is 3.62. The predicted molar refractivity (Wildman–Crippen MR) is 65.3 cm³/mol. The minimum Gasteiger partial charge on any atom is -0.385 e. The molecule has 1 saturated heterocycles. The van der Waals surface area contributed by atoms with Crippen LogP contribution in [0, 0.1) is 12.8 Å². The molecule has 15 heavy (non-hydrogen) atoms. The van der Waals surface area contributed by atoms with E-state index in [1.54, 1.807) is 0 Å². The van der Waals surface area contributed by atoms with Crippen molar-refractivity contribution in [2.24, 2.45) is 5.92 Å². The molecule has 0 aromatic heterocycles. The van der Waals surface area contributed by atoms with E-state index in [1.807, 2.05) is 0 Å². The summed E-state index contributed by atoms with van der Waals surface area (Å²) in [7, 11) is 0. The molecule has 2 nitrogen and oxygen atoms in total. The third-order valence-electron chi connectivity index (χ3n) is 3.07. The average Bonchev–Trinajstić information content (AvgIpc) is 2.28. The fraction of sp³-hybridized carbons (Fsp3) is 0.538. The molecule has 2 N–H and O–H groups in total. The van der Waals surface area contributed by atoms with Gasteiger partial charge in [0, 0.05) is 12.2 Å². The number of hydrogen-bond acceptors (Lipinski definition) is 2. The molecule has 1 fully saturated rings. The standard InChI is InChI=1S/C13H20N2/c1-11-3-2-4-13(9-11)15-10-12-5-7-14-8-6-12/h2-4,9,12,14-15H,5-8,10H2,1H3. The number of anilines is 1. The van der Waals surface area contributed by atoms with Crippen molar-refractivity contribution in [1.29, 1.82) is 0 Å². The highest BCUT2D eigenvalue weighted by atomic mass is 14.9. The van der Waals surface area contributed by atoms with E-state index in [9.17, 15) is 0 Å². The zero-order valence-corrected chi connectivity index (χ0v) is 9.42. The molecule has 2 heteroatoms. The van der Waals surface area contributed by atoms with Crippen LogP contribution in [-0.4, -0.2) is 19.6 Å². The van der Waals surface area contributed by atoms with E-state index < -0.39 is 0 Å². The van der Waals surface area contributed by atoms with Crippen LogP contribution < -0.4 is 10.6 Å². The van der Waals surface area contributed by atoms with Gasteiger partial charge in [-0.2, -0.15) is 0 Å². The first-order chi connectivity index (χ1) is 7.34. The van der Waals surface area contributed by atoms with Gasteiger partial charge in [0.25, 0.3) is 0 Å². The smallest absolute Gasteiger partial charge is 0.0342 e. The molecule has 0 unspecified atom stereocenters. The summed E-state index contributed by atoms with van der Waals surface area (Å²) in [5, 5.41) is 6.92. The topological polar surface area (TPSA) is 24.1 Å². The molecular weight excluding hydrogens is 184 g/mol. The quantitative estimate of drug-likeness (QED) is 0.790. The van der Waals surface area contributed by atoms with Crippen LogP contribution in [-0.2, 0) is 0 Å². The Hall–Kier alpha value is -1.02. The lowest BCUT2D eigenvalue weighted by Gasteiger charge is -2.23. The zero-order chi connectivity index (χ0) is 10.5. The largest absolute Gasteiger partial charge is 0.385 e. The minimum atomic E-state index is 0.840. The fourth-order valence-electron chi connectivity index (χ4n) is 2.10. The van der Waals surface area contributed by atoms with Gasteiger partial charge in [-0.1, -0.05) is 12.1 Å². The summed E-state index contributed by atoms with van der Waals surface area (Å²) in [6, 6.07) is 8.60. The molecule has 0 spiro atoms. The molecular formula is C13H20N2. The molecule has 1 aliphatic heterocycles. The van der Waals surface area contributed by atoms with E-state index >= 15 is 0 Å². The Morgan fingerprint density at radius 3 is 2.87 bits per heavy atom. The van der Waals surface area contributed by atoms with Crippen molar-refractivity contribution in [1.82, 2.24) is 5.32 Å². The van der Waals surface area contributed by atoms with Crippen LogP contribution in [0.3, 0.4) is 0 Å². The summed E-state index contributed by atoms with van der Waals surface area (Å²) in [6.07, 6.45) is 2.61. The average molecular weight is 204 g/mol. The molecule has 0 radical (unpaired) electrons. The third-order valence-corrected chi connectivity index (χ3v) is 3.07. The highest BCUT2D eigenvalue weighted by Crippen LogP contribution is 2.14. The maximum absolute atomic E-state index is 3.53. The van der Waals surface area contributed by atoms with Gasteiger partial charge in [0.15, 0.2) is 0 Å². The van der Waals surface area contributed by atoms with E-state index in [-0.39, 0.29) is 0 Å². The van der Waals surface area contributed by atoms with Gasteiger partial charge in [-0.3, -0.25) is 0 Å². The molecule has 0 bridgehead atoms. The van der Waals surface area contributed by atoms with Crippen LogP contribution in [0.2, 0.25) is 0 Å². The predicted octanol–water partition coefficient (Wildman–Crippen LogP) is 2.41. The maximum Gasteiger partial charge on any atom is 0.0342 e. The van der Waals surface area contributed by atoms with Crippen LogP contribution >= 0.6 is 0 Å². The van der Waals surface area contributed by atoms with Crippen LogP contribution in [0.1, 0.15) is 18.4 Å². The summed E-state index contributed by atoms with van der Waals surface area (Å²) in [6.45, 7) is 5.61. The first-order valence-electron chi connectivity index (χ1n) is 5.86. The van der Waals surface area contributed by atoms with E-state index in [2.05, 4.69) is 41.8 Å². The number of aryl methyl sites for hydroxylation is 1. The number of hydrogen-bond donors (Lipinski definition) is 2. The number of benzene rings is 1. The normalized spacial score (nSPS) is 17.7. The lowest BCUT2D eigenvalue weighted by atomic mass is 9.98. The molecule has 1 heterocycles. The van der Waals surface area contributed by atoms with Gasteiger partial charge in [-0.15, -0.1) is 0 Å². The Labute approximate surface area is 92.1 Å². The van der Waals surface area contributed by atoms with Crippen molar-refractivity contribution in [2.75, 3.05) is 25.0 Å². The van der Waals surface area contributed by atoms with Crippen LogP contribution in [0.4, 0.5) is 5.69 Å². The highest BCUT2D eigenvalue weighted by Gasteiger charge is 2.11. The Balaban J connectivity index is 1.81. The van der Waals surface area contributed by atoms with Gasteiger partial charge in [-0.05, 0) is 56.5 Å². The highest BCUT2D eigenvalue weighted by molar-refractivity contribution is 5.45. The minimum absolute atomic E-state index is 0.840. The number of nitrogens with one attached hydrogen (secondary N) is 2. The lowest BCUT2D eigenvalue weighted by molar-refractivity contribution is 0.390. The van der Waals surface area contributed by atoms with E-state index in [0.717, 1.165) is 12.5 Å². The second kappa shape index (κ2) is 5.17. The molecule has 0 saturated carbocycles. The first-order valence-corrected chi connectivity index (χ1v) is 5.86. The Bertz CT molecular complexity index is 303. The third kappa shape index (κ3) is 3.24. The van der Waals surface area contributed by atoms with Gasteiger partial charge in [-0.25, -0.2) is 0 Å². The van der Waals surface area contributed by atoms with Gasteiger partial charge < -0.3 is 10.6 Å². The summed E-state index contributed by atoms with van der Waals surface area (Å²) >= 11 is 0. The Morgan fingerprint density at radius 1 is 1.33 bits per heavy atom. The molecule has 2 rings (SSSR count). The molecule has 82 valence electrons. The second-order valence-corrected chi connectivity index (χ2v) is 4.44.